The zero-order chi connectivity index (χ0) is 16.9. The fourth-order valence-electron chi connectivity index (χ4n) is 3.24. The molecule has 1 fully saturated rings. The van der Waals surface area contributed by atoms with E-state index < -0.39 is 0 Å². The van der Waals surface area contributed by atoms with E-state index in [1.165, 1.54) is 12.1 Å². The molecule has 1 amide bonds. The summed E-state index contributed by atoms with van der Waals surface area (Å²) in [6.45, 7) is 3.34. The lowest BCUT2D eigenvalue weighted by Crippen LogP contribution is -2.31. The number of rotatable bonds is 5. The van der Waals surface area contributed by atoms with Crippen LogP contribution in [0.4, 0.5) is 4.39 Å². The molecule has 1 atom stereocenters. The van der Waals surface area contributed by atoms with Crippen molar-refractivity contribution in [1.29, 1.82) is 0 Å². The monoisotopic (exact) mass is 327 g/mol. The predicted octanol–water partition coefficient (Wildman–Crippen LogP) is 4.13. The van der Waals surface area contributed by atoms with Gasteiger partial charge in [-0.15, -0.1) is 0 Å². The Morgan fingerprint density at radius 2 is 1.88 bits per heavy atom. The Morgan fingerprint density at radius 1 is 1.17 bits per heavy atom. The van der Waals surface area contributed by atoms with Gasteiger partial charge in [0.05, 0.1) is 19.1 Å². The Balaban J connectivity index is 1.68. The summed E-state index contributed by atoms with van der Waals surface area (Å²) in [4.78, 5) is 14.6. The highest BCUT2D eigenvalue weighted by atomic mass is 19.1. The molecule has 1 saturated heterocycles. The molecule has 0 radical (unpaired) electrons. The highest BCUT2D eigenvalue weighted by Crippen LogP contribution is 2.32. The minimum atomic E-state index is -0.246. The van der Waals surface area contributed by atoms with Gasteiger partial charge in [0, 0.05) is 6.54 Å². The lowest BCUT2D eigenvalue weighted by molar-refractivity contribution is -0.131. The number of ether oxygens (including phenoxy) is 1. The minimum absolute atomic E-state index is 0.0563. The second-order valence-corrected chi connectivity index (χ2v) is 6.05. The van der Waals surface area contributed by atoms with E-state index in [2.05, 4.69) is 0 Å². The van der Waals surface area contributed by atoms with Crippen molar-refractivity contribution in [3.05, 3.63) is 65.5 Å². The first kappa shape index (κ1) is 16.5. The molecule has 1 aliphatic rings. The molecule has 1 heterocycles. The molecule has 4 heteroatoms. The van der Waals surface area contributed by atoms with Crippen LogP contribution in [0.3, 0.4) is 0 Å². The Labute approximate surface area is 142 Å². The smallest absolute Gasteiger partial charge is 0.227 e. The summed E-state index contributed by atoms with van der Waals surface area (Å²) < 4.78 is 18.5. The van der Waals surface area contributed by atoms with Crippen LogP contribution < -0.4 is 4.74 Å². The molecule has 1 aliphatic heterocycles. The zero-order valence-corrected chi connectivity index (χ0v) is 13.9. The van der Waals surface area contributed by atoms with Crippen LogP contribution in [0.5, 0.6) is 5.75 Å². The average Bonchev–Trinajstić information content (AvgIpc) is 3.07. The van der Waals surface area contributed by atoms with E-state index in [1.54, 1.807) is 12.1 Å². The lowest BCUT2D eigenvalue weighted by Gasteiger charge is -2.25. The van der Waals surface area contributed by atoms with Gasteiger partial charge in [0.15, 0.2) is 0 Å². The van der Waals surface area contributed by atoms with Gasteiger partial charge in [-0.1, -0.05) is 24.3 Å². The summed E-state index contributed by atoms with van der Waals surface area (Å²) >= 11 is 0. The van der Waals surface area contributed by atoms with Gasteiger partial charge in [0.25, 0.3) is 0 Å². The normalized spacial score (nSPS) is 17.1. The van der Waals surface area contributed by atoms with Gasteiger partial charge in [-0.05, 0) is 55.2 Å². The molecule has 3 rings (SSSR count). The van der Waals surface area contributed by atoms with E-state index in [4.69, 9.17) is 4.74 Å². The minimum Gasteiger partial charge on any atom is -0.494 e. The largest absolute Gasteiger partial charge is 0.494 e. The summed E-state index contributed by atoms with van der Waals surface area (Å²) in [6.07, 6.45) is 2.29. The first-order chi connectivity index (χ1) is 11.7. The number of nitrogens with zero attached hydrogens (tertiary/aromatic N) is 1. The first-order valence-electron chi connectivity index (χ1n) is 8.44. The standard InChI is InChI=1S/C20H22FNO2/c1-2-24-18-11-5-15(6-12-18)14-20(23)22-13-3-4-19(22)16-7-9-17(21)10-8-16/h5-12,19H,2-4,13-14H2,1H3. The third-order valence-electron chi connectivity index (χ3n) is 4.42. The summed E-state index contributed by atoms with van der Waals surface area (Å²) in [5, 5.41) is 0. The topological polar surface area (TPSA) is 29.5 Å². The summed E-state index contributed by atoms with van der Waals surface area (Å²) in [7, 11) is 0. The highest BCUT2D eigenvalue weighted by molar-refractivity contribution is 5.79. The number of likely N-dealkylation sites (tertiary alicyclic amines) is 1. The molecule has 0 aromatic heterocycles. The van der Waals surface area contributed by atoms with Crippen molar-refractivity contribution in [1.82, 2.24) is 4.90 Å². The maximum atomic E-state index is 13.1. The third-order valence-corrected chi connectivity index (χ3v) is 4.42. The number of hydrogen-bond acceptors (Lipinski definition) is 2. The van der Waals surface area contributed by atoms with Gasteiger partial charge in [-0.25, -0.2) is 4.39 Å². The Morgan fingerprint density at radius 3 is 2.54 bits per heavy atom. The summed E-state index contributed by atoms with van der Waals surface area (Å²) in [6, 6.07) is 14.2. The maximum Gasteiger partial charge on any atom is 0.227 e. The molecule has 0 aliphatic carbocycles. The Hall–Kier alpha value is -2.36. The molecule has 3 nitrogen and oxygen atoms in total. The number of carbonyl (C=O) groups is 1. The van der Waals surface area contributed by atoms with E-state index >= 15 is 0 Å². The average molecular weight is 327 g/mol. The van der Waals surface area contributed by atoms with E-state index in [0.29, 0.717) is 13.0 Å². The van der Waals surface area contributed by atoms with E-state index in [-0.39, 0.29) is 17.8 Å². The predicted molar refractivity (Wildman–Crippen MR) is 91.4 cm³/mol. The van der Waals surface area contributed by atoms with Crippen LogP contribution in [0, 0.1) is 5.82 Å². The van der Waals surface area contributed by atoms with Crippen molar-refractivity contribution in [2.24, 2.45) is 0 Å². The van der Waals surface area contributed by atoms with Crippen molar-refractivity contribution in [3.63, 3.8) is 0 Å². The van der Waals surface area contributed by atoms with Crippen LogP contribution in [0.1, 0.15) is 36.9 Å². The number of carbonyl (C=O) groups excluding carboxylic acids is 1. The Bertz CT molecular complexity index is 682. The molecule has 2 aromatic rings. The van der Waals surface area contributed by atoms with Gasteiger partial charge in [-0.2, -0.15) is 0 Å². The summed E-state index contributed by atoms with van der Waals surface area (Å²) in [5.41, 5.74) is 1.99. The molecular weight excluding hydrogens is 305 g/mol. The summed E-state index contributed by atoms with van der Waals surface area (Å²) in [5.74, 6) is 0.689. The zero-order valence-electron chi connectivity index (χ0n) is 13.9. The second-order valence-electron chi connectivity index (χ2n) is 6.05. The van der Waals surface area contributed by atoms with Crippen molar-refractivity contribution in [2.75, 3.05) is 13.2 Å². The SMILES string of the molecule is CCOc1ccc(CC(=O)N2CCCC2c2ccc(F)cc2)cc1. The number of amides is 1. The van der Waals surface area contributed by atoms with Crippen LogP contribution in [0.15, 0.2) is 48.5 Å². The molecular formula is C20H22FNO2. The van der Waals surface area contributed by atoms with Crippen molar-refractivity contribution >= 4 is 5.91 Å². The molecule has 2 aromatic carbocycles. The number of halogens is 1. The van der Waals surface area contributed by atoms with Crippen LogP contribution in [-0.4, -0.2) is 24.0 Å². The fraction of sp³-hybridized carbons (Fsp3) is 0.350. The van der Waals surface area contributed by atoms with E-state index in [0.717, 1.165) is 36.3 Å². The van der Waals surface area contributed by atoms with Gasteiger partial charge in [0.1, 0.15) is 11.6 Å². The quantitative estimate of drug-likeness (QED) is 0.826. The number of hydrogen-bond donors (Lipinski definition) is 0. The molecule has 0 bridgehead atoms. The van der Waals surface area contributed by atoms with Crippen molar-refractivity contribution in [2.45, 2.75) is 32.2 Å². The van der Waals surface area contributed by atoms with Crippen LogP contribution >= 0.6 is 0 Å². The highest BCUT2D eigenvalue weighted by Gasteiger charge is 2.29. The lowest BCUT2D eigenvalue weighted by atomic mass is 10.0. The third kappa shape index (κ3) is 3.75. The molecule has 126 valence electrons. The molecule has 24 heavy (non-hydrogen) atoms. The van der Waals surface area contributed by atoms with Crippen LogP contribution in [-0.2, 0) is 11.2 Å². The fourth-order valence-corrected chi connectivity index (χ4v) is 3.24. The van der Waals surface area contributed by atoms with Crippen molar-refractivity contribution in [3.8, 4) is 5.75 Å². The van der Waals surface area contributed by atoms with Gasteiger partial charge >= 0.3 is 0 Å². The van der Waals surface area contributed by atoms with Crippen molar-refractivity contribution < 1.29 is 13.9 Å². The van der Waals surface area contributed by atoms with Gasteiger partial charge in [-0.3, -0.25) is 4.79 Å². The van der Waals surface area contributed by atoms with Gasteiger partial charge in [0.2, 0.25) is 5.91 Å². The maximum absolute atomic E-state index is 13.1. The van der Waals surface area contributed by atoms with Gasteiger partial charge < -0.3 is 9.64 Å². The molecule has 0 saturated carbocycles. The van der Waals surface area contributed by atoms with Crippen LogP contribution in [0.25, 0.3) is 0 Å². The molecule has 0 N–H and O–H groups in total. The van der Waals surface area contributed by atoms with Crippen LogP contribution in [0.2, 0.25) is 0 Å². The van der Waals surface area contributed by atoms with E-state index in [1.807, 2.05) is 36.1 Å². The first-order valence-corrected chi connectivity index (χ1v) is 8.44. The molecule has 1 unspecified atom stereocenters. The number of benzene rings is 2. The van der Waals surface area contributed by atoms with E-state index in [9.17, 15) is 9.18 Å². The molecule has 0 spiro atoms. The Kier molecular flexibility index (Phi) is 5.14. The second kappa shape index (κ2) is 7.47.